The Hall–Kier alpha value is -1.70. The van der Waals surface area contributed by atoms with E-state index in [1.807, 2.05) is 6.92 Å². The van der Waals surface area contributed by atoms with E-state index < -0.39 is 9.84 Å². The molecule has 3 rings (SSSR count). The number of aryl methyl sites for hydroxylation is 1. The summed E-state index contributed by atoms with van der Waals surface area (Å²) in [7, 11) is -2.90. The fraction of sp³-hybridized carbons (Fsp3) is 0.583. The van der Waals surface area contributed by atoms with E-state index in [1.54, 1.807) is 0 Å². The van der Waals surface area contributed by atoms with E-state index >= 15 is 0 Å². The molecule has 108 valence electrons. The van der Waals surface area contributed by atoms with Gasteiger partial charge < -0.3 is 0 Å². The third-order valence-electron chi connectivity index (χ3n) is 3.59. The van der Waals surface area contributed by atoms with E-state index in [-0.39, 0.29) is 23.0 Å². The van der Waals surface area contributed by atoms with Crippen LogP contribution in [-0.4, -0.2) is 39.5 Å². The molecular weight excluding hydrogens is 280 g/mol. The summed E-state index contributed by atoms with van der Waals surface area (Å²) in [6.45, 7) is 1.94. The molecule has 1 N–H and O–H groups in total. The number of aromatic amines is 1. The Morgan fingerprint density at radius 1 is 1.45 bits per heavy atom. The zero-order chi connectivity index (χ0) is 14.3. The molecule has 1 fully saturated rings. The van der Waals surface area contributed by atoms with E-state index in [9.17, 15) is 13.2 Å². The molecule has 1 unspecified atom stereocenters. The lowest BCUT2D eigenvalue weighted by Crippen LogP contribution is -2.17. The summed E-state index contributed by atoms with van der Waals surface area (Å²) in [5.74, 6) is 1.54. The molecule has 0 radical (unpaired) electrons. The Balaban J connectivity index is 1.91. The van der Waals surface area contributed by atoms with E-state index in [1.165, 1.54) is 10.6 Å². The molecule has 1 aliphatic rings. The van der Waals surface area contributed by atoms with Crippen LogP contribution in [0.25, 0.3) is 5.78 Å². The maximum absolute atomic E-state index is 12.0. The summed E-state index contributed by atoms with van der Waals surface area (Å²) in [6, 6.07) is 1.45. The molecule has 0 aromatic carbocycles. The molecule has 3 heterocycles. The number of H-pyrrole nitrogens is 1. The van der Waals surface area contributed by atoms with Gasteiger partial charge in [0.05, 0.1) is 17.2 Å². The number of nitrogens with zero attached hydrogens (tertiary/aromatic N) is 3. The molecule has 1 atom stereocenters. The Labute approximate surface area is 116 Å². The van der Waals surface area contributed by atoms with Crippen LogP contribution in [0.5, 0.6) is 0 Å². The molecule has 0 aliphatic carbocycles. The van der Waals surface area contributed by atoms with Crippen molar-refractivity contribution < 1.29 is 8.42 Å². The van der Waals surface area contributed by atoms with Gasteiger partial charge in [0.1, 0.15) is 5.82 Å². The average molecular weight is 296 g/mol. The lowest BCUT2D eigenvalue weighted by atomic mass is 10.0. The van der Waals surface area contributed by atoms with Gasteiger partial charge >= 0.3 is 0 Å². The molecule has 7 nitrogen and oxygen atoms in total. The highest BCUT2D eigenvalue weighted by Crippen LogP contribution is 2.21. The minimum absolute atomic E-state index is 0.0546. The standard InChI is InChI=1S/C12H16N4O3S/c1-2-10-14-12-13-9(6-11(17)16(12)15-10)5-8-3-4-20(18,19)7-8/h6,8H,2-5,7H2,1H3,(H,13,14,15). The monoisotopic (exact) mass is 296 g/mol. The summed E-state index contributed by atoms with van der Waals surface area (Å²) < 4.78 is 24.2. The quantitative estimate of drug-likeness (QED) is 0.857. The Kier molecular flexibility index (Phi) is 3.12. The van der Waals surface area contributed by atoms with Crippen LogP contribution in [0.4, 0.5) is 0 Å². The maximum Gasteiger partial charge on any atom is 0.274 e. The van der Waals surface area contributed by atoms with Gasteiger partial charge in [0.2, 0.25) is 0 Å². The van der Waals surface area contributed by atoms with Crippen molar-refractivity contribution in [3.8, 4) is 0 Å². The molecule has 0 bridgehead atoms. The van der Waals surface area contributed by atoms with Crippen LogP contribution in [-0.2, 0) is 22.7 Å². The largest absolute Gasteiger partial charge is 0.275 e. The fourth-order valence-corrected chi connectivity index (χ4v) is 4.42. The lowest BCUT2D eigenvalue weighted by Gasteiger charge is -2.05. The zero-order valence-electron chi connectivity index (χ0n) is 11.2. The second-order valence-corrected chi connectivity index (χ2v) is 7.45. The summed E-state index contributed by atoms with van der Waals surface area (Å²) in [5.41, 5.74) is 0.407. The Morgan fingerprint density at radius 3 is 2.90 bits per heavy atom. The van der Waals surface area contributed by atoms with Gasteiger partial charge in [-0.3, -0.25) is 9.89 Å². The van der Waals surface area contributed by atoms with Crippen molar-refractivity contribution in [3.63, 3.8) is 0 Å². The number of sulfone groups is 1. The van der Waals surface area contributed by atoms with E-state index in [2.05, 4.69) is 15.1 Å². The first-order valence-electron chi connectivity index (χ1n) is 6.65. The minimum Gasteiger partial charge on any atom is -0.275 e. The molecule has 0 saturated carbocycles. The summed E-state index contributed by atoms with van der Waals surface area (Å²) in [6.07, 6.45) is 1.85. The minimum atomic E-state index is -2.90. The lowest BCUT2D eigenvalue weighted by molar-refractivity contribution is 0.576. The van der Waals surface area contributed by atoms with Gasteiger partial charge in [-0.15, -0.1) is 0 Å². The number of hydrogen-bond donors (Lipinski definition) is 1. The van der Waals surface area contributed by atoms with Gasteiger partial charge in [-0.1, -0.05) is 6.92 Å². The average Bonchev–Trinajstić information content (AvgIpc) is 2.93. The zero-order valence-corrected chi connectivity index (χ0v) is 12.0. The van der Waals surface area contributed by atoms with Crippen molar-refractivity contribution in [1.82, 2.24) is 19.6 Å². The highest BCUT2D eigenvalue weighted by Gasteiger charge is 2.28. The first-order chi connectivity index (χ1) is 9.47. The second kappa shape index (κ2) is 4.69. The van der Waals surface area contributed by atoms with E-state index in [0.29, 0.717) is 36.6 Å². The van der Waals surface area contributed by atoms with E-state index in [0.717, 1.165) is 0 Å². The normalized spacial score (nSPS) is 21.6. The molecule has 0 amide bonds. The van der Waals surface area contributed by atoms with Crippen molar-refractivity contribution in [2.45, 2.75) is 26.2 Å². The Bertz CT molecular complexity index is 806. The number of hydrogen-bond acceptors (Lipinski definition) is 5. The van der Waals surface area contributed by atoms with Gasteiger partial charge in [-0.25, -0.2) is 13.4 Å². The predicted octanol–water partition coefficient (Wildman–Crippen LogP) is -0.0428. The molecule has 0 spiro atoms. The second-order valence-electron chi connectivity index (χ2n) is 5.22. The first-order valence-corrected chi connectivity index (χ1v) is 8.47. The number of rotatable bonds is 3. The van der Waals surface area contributed by atoms with Crippen molar-refractivity contribution >= 4 is 15.6 Å². The topological polar surface area (TPSA) is 97.2 Å². The van der Waals surface area contributed by atoms with Gasteiger partial charge in [0.25, 0.3) is 11.3 Å². The van der Waals surface area contributed by atoms with Crippen LogP contribution in [0.2, 0.25) is 0 Å². The van der Waals surface area contributed by atoms with Crippen LogP contribution in [0, 0.1) is 5.92 Å². The van der Waals surface area contributed by atoms with Gasteiger partial charge in [0.15, 0.2) is 9.84 Å². The molecule has 1 aliphatic heterocycles. The predicted molar refractivity (Wildman–Crippen MR) is 73.5 cm³/mol. The van der Waals surface area contributed by atoms with Gasteiger partial charge in [0, 0.05) is 12.5 Å². The summed E-state index contributed by atoms with van der Waals surface area (Å²) in [5, 5.41) is 2.88. The third-order valence-corrected chi connectivity index (χ3v) is 5.43. The molecule has 20 heavy (non-hydrogen) atoms. The highest BCUT2D eigenvalue weighted by atomic mass is 32.2. The first kappa shape index (κ1) is 13.3. The Morgan fingerprint density at radius 2 is 2.25 bits per heavy atom. The number of fused-ring (bicyclic) bond motifs is 1. The van der Waals surface area contributed by atoms with Crippen LogP contribution in [0.1, 0.15) is 24.9 Å². The van der Waals surface area contributed by atoms with Gasteiger partial charge in [-0.2, -0.15) is 9.50 Å². The number of aromatic nitrogens is 4. The van der Waals surface area contributed by atoms with Crippen molar-refractivity contribution in [1.29, 1.82) is 0 Å². The smallest absolute Gasteiger partial charge is 0.274 e. The van der Waals surface area contributed by atoms with Crippen LogP contribution < -0.4 is 5.56 Å². The molecule has 1 saturated heterocycles. The van der Waals surface area contributed by atoms with Gasteiger partial charge in [-0.05, 0) is 18.8 Å². The van der Waals surface area contributed by atoms with E-state index in [4.69, 9.17) is 0 Å². The summed E-state index contributed by atoms with van der Waals surface area (Å²) >= 11 is 0. The summed E-state index contributed by atoms with van der Waals surface area (Å²) in [4.78, 5) is 20.5. The number of nitrogens with one attached hydrogen (secondary N) is 1. The molecule has 8 heteroatoms. The van der Waals surface area contributed by atoms with Crippen LogP contribution >= 0.6 is 0 Å². The fourth-order valence-electron chi connectivity index (χ4n) is 2.56. The highest BCUT2D eigenvalue weighted by molar-refractivity contribution is 7.91. The molecular formula is C12H16N4O3S. The molecule has 2 aromatic heterocycles. The van der Waals surface area contributed by atoms with Crippen LogP contribution in [0.15, 0.2) is 10.9 Å². The maximum atomic E-state index is 12.0. The van der Waals surface area contributed by atoms with Crippen molar-refractivity contribution in [2.24, 2.45) is 5.92 Å². The SMILES string of the molecule is CCc1nc2nc(CC3CCS(=O)(=O)C3)cc(=O)n2[nH]1. The third kappa shape index (κ3) is 2.47. The van der Waals surface area contributed by atoms with Crippen LogP contribution in [0.3, 0.4) is 0 Å². The van der Waals surface area contributed by atoms with Crippen molar-refractivity contribution in [2.75, 3.05) is 11.5 Å². The van der Waals surface area contributed by atoms with Crippen molar-refractivity contribution in [3.05, 3.63) is 27.9 Å². The molecule has 2 aromatic rings.